The predicted molar refractivity (Wildman–Crippen MR) is 78.1 cm³/mol. The van der Waals surface area contributed by atoms with Gasteiger partial charge in [0.25, 0.3) is 17.2 Å². The summed E-state index contributed by atoms with van der Waals surface area (Å²) < 4.78 is 37.4. The van der Waals surface area contributed by atoms with E-state index in [0.717, 1.165) is 18.2 Å². The van der Waals surface area contributed by atoms with Crippen LogP contribution in [0.1, 0.15) is 16.1 Å². The van der Waals surface area contributed by atoms with Crippen LogP contribution in [0.3, 0.4) is 0 Å². The third-order valence-corrected chi connectivity index (χ3v) is 3.10. The first-order valence-corrected chi connectivity index (χ1v) is 6.53. The van der Waals surface area contributed by atoms with Crippen molar-refractivity contribution in [2.24, 2.45) is 0 Å². The van der Waals surface area contributed by atoms with Crippen molar-refractivity contribution >= 4 is 28.9 Å². The molecule has 126 valence electrons. The molecule has 0 saturated heterocycles. The third kappa shape index (κ3) is 3.71. The van der Waals surface area contributed by atoms with Crippen LogP contribution in [0.4, 0.5) is 24.5 Å². The van der Waals surface area contributed by atoms with E-state index in [2.05, 4.69) is 0 Å². The van der Waals surface area contributed by atoms with Gasteiger partial charge in [-0.25, -0.2) is 0 Å². The normalized spacial score (nSPS) is 11.2. The van der Waals surface area contributed by atoms with Crippen molar-refractivity contribution in [2.75, 3.05) is 5.32 Å². The molecule has 2 rings (SSSR count). The van der Waals surface area contributed by atoms with Crippen LogP contribution in [0.5, 0.6) is 0 Å². The zero-order chi connectivity index (χ0) is 18.1. The van der Waals surface area contributed by atoms with Gasteiger partial charge in [0.05, 0.1) is 4.92 Å². The number of hydrogen-bond acceptors (Lipinski definition) is 4. The highest BCUT2D eigenvalue weighted by Crippen LogP contribution is 2.27. The Hall–Kier alpha value is -2.88. The molecule has 1 aromatic carbocycles. The minimum absolute atomic E-state index is 0.0343. The number of carbonyl (C=O) groups excluding carboxylic acids is 1. The number of benzene rings is 1. The number of pyridine rings is 1. The van der Waals surface area contributed by atoms with Crippen LogP contribution in [0.15, 0.2) is 35.1 Å². The summed E-state index contributed by atoms with van der Waals surface area (Å²) in [5, 5.41) is 13.0. The van der Waals surface area contributed by atoms with Crippen LogP contribution in [-0.4, -0.2) is 15.8 Å². The van der Waals surface area contributed by atoms with Gasteiger partial charge in [-0.3, -0.25) is 19.7 Å². The molecule has 2 N–H and O–H groups in total. The van der Waals surface area contributed by atoms with Gasteiger partial charge in [-0.15, -0.1) is 0 Å². The number of halogens is 4. The van der Waals surface area contributed by atoms with E-state index < -0.39 is 45.2 Å². The van der Waals surface area contributed by atoms with Crippen molar-refractivity contribution < 1.29 is 22.9 Å². The molecule has 0 radical (unpaired) electrons. The van der Waals surface area contributed by atoms with Crippen molar-refractivity contribution in [3.63, 3.8) is 0 Å². The van der Waals surface area contributed by atoms with E-state index in [1.165, 1.54) is 6.07 Å². The van der Waals surface area contributed by atoms with Crippen molar-refractivity contribution in [3.05, 3.63) is 67.1 Å². The number of H-pyrrole nitrogens is 1. The van der Waals surface area contributed by atoms with E-state index in [1.807, 2.05) is 5.32 Å². The molecule has 2 aromatic rings. The molecule has 11 heteroatoms. The first kappa shape index (κ1) is 17.5. The summed E-state index contributed by atoms with van der Waals surface area (Å²) in [7, 11) is 0. The van der Waals surface area contributed by atoms with E-state index in [9.17, 15) is 32.9 Å². The molecule has 0 atom stereocenters. The molecular formula is C13H7ClF3N3O4. The van der Waals surface area contributed by atoms with Gasteiger partial charge in [0.1, 0.15) is 16.9 Å². The average Bonchev–Trinajstić information content (AvgIpc) is 2.47. The molecule has 0 spiro atoms. The predicted octanol–water partition coefficient (Wildman–Crippen LogP) is 3.21. The minimum Gasteiger partial charge on any atom is -0.317 e. The third-order valence-electron chi connectivity index (χ3n) is 2.86. The standard InChI is InChI=1S/C13H7ClF3N3O4/c14-6-1-3-9(20(23)24)7(5-6)11(21)18-8-2-4-10(13(15,16)17)19-12(8)22/h1-5H,(H,18,21)(H,19,22). The van der Waals surface area contributed by atoms with Crippen LogP contribution in [0, 0.1) is 10.1 Å². The molecule has 0 aliphatic rings. The fourth-order valence-corrected chi connectivity index (χ4v) is 1.95. The Balaban J connectivity index is 2.36. The smallest absolute Gasteiger partial charge is 0.317 e. The fourth-order valence-electron chi connectivity index (χ4n) is 1.78. The zero-order valence-corrected chi connectivity index (χ0v) is 12.2. The van der Waals surface area contributed by atoms with E-state index in [1.54, 1.807) is 4.98 Å². The number of hydrogen-bond donors (Lipinski definition) is 2. The number of alkyl halides is 3. The van der Waals surface area contributed by atoms with Gasteiger partial charge in [0.15, 0.2) is 0 Å². The summed E-state index contributed by atoms with van der Waals surface area (Å²) >= 11 is 5.68. The number of anilines is 1. The largest absolute Gasteiger partial charge is 0.431 e. The SMILES string of the molecule is O=C(Nc1ccc(C(F)(F)F)[nH]c1=O)c1cc(Cl)ccc1[N+](=O)[O-]. The highest BCUT2D eigenvalue weighted by molar-refractivity contribution is 6.31. The Labute approximate surface area is 136 Å². The Morgan fingerprint density at radius 2 is 1.92 bits per heavy atom. The Kier molecular flexibility index (Phi) is 4.60. The first-order chi connectivity index (χ1) is 11.1. The lowest BCUT2D eigenvalue weighted by Crippen LogP contribution is -2.23. The van der Waals surface area contributed by atoms with Gasteiger partial charge < -0.3 is 10.3 Å². The number of nitro groups is 1. The molecule has 0 bridgehead atoms. The lowest BCUT2D eigenvalue weighted by molar-refractivity contribution is -0.385. The number of amides is 1. The monoisotopic (exact) mass is 361 g/mol. The number of aromatic amines is 1. The van der Waals surface area contributed by atoms with Crippen LogP contribution in [-0.2, 0) is 6.18 Å². The highest BCUT2D eigenvalue weighted by Gasteiger charge is 2.32. The number of rotatable bonds is 3. The number of carbonyl (C=O) groups is 1. The van der Waals surface area contributed by atoms with E-state index >= 15 is 0 Å². The molecule has 0 unspecified atom stereocenters. The Morgan fingerprint density at radius 1 is 1.25 bits per heavy atom. The second kappa shape index (κ2) is 6.32. The van der Waals surface area contributed by atoms with Crippen molar-refractivity contribution in [1.29, 1.82) is 0 Å². The number of nitro benzene ring substituents is 1. The highest BCUT2D eigenvalue weighted by atomic mass is 35.5. The van der Waals surface area contributed by atoms with Crippen LogP contribution in [0.2, 0.25) is 5.02 Å². The minimum atomic E-state index is -4.76. The van der Waals surface area contributed by atoms with Crippen LogP contribution in [0.25, 0.3) is 0 Å². The van der Waals surface area contributed by atoms with Gasteiger partial charge in [-0.2, -0.15) is 13.2 Å². The number of nitrogens with one attached hydrogen (secondary N) is 2. The molecule has 24 heavy (non-hydrogen) atoms. The summed E-state index contributed by atoms with van der Waals surface area (Å²) in [6.07, 6.45) is -4.76. The van der Waals surface area contributed by atoms with Gasteiger partial charge in [-0.05, 0) is 24.3 Å². The first-order valence-electron chi connectivity index (χ1n) is 6.15. The van der Waals surface area contributed by atoms with Crippen LogP contribution < -0.4 is 10.9 Å². The molecule has 7 nitrogen and oxygen atoms in total. The molecule has 1 aromatic heterocycles. The van der Waals surface area contributed by atoms with Gasteiger partial charge in [0.2, 0.25) is 0 Å². The average molecular weight is 362 g/mol. The van der Waals surface area contributed by atoms with Gasteiger partial charge in [-0.1, -0.05) is 11.6 Å². The Morgan fingerprint density at radius 3 is 2.46 bits per heavy atom. The van der Waals surface area contributed by atoms with E-state index in [4.69, 9.17) is 11.6 Å². The van der Waals surface area contributed by atoms with Crippen molar-refractivity contribution in [2.45, 2.75) is 6.18 Å². The molecular weight excluding hydrogens is 355 g/mol. The maximum absolute atomic E-state index is 12.5. The number of nitrogens with zero attached hydrogens (tertiary/aromatic N) is 1. The summed E-state index contributed by atoms with van der Waals surface area (Å²) in [6, 6.07) is 4.50. The second-order valence-corrected chi connectivity index (χ2v) is 4.92. The maximum atomic E-state index is 12.5. The Bertz CT molecular complexity index is 879. The van der Waals surface area contributed by atoms with Gasteiger partial charge in [0, 0.05) is 11.1 Å². The van der Waals surface area contributed by atoms with Crippen molar-refractivity contribution in [3.8, 4) is 0 Å². The number of aromatic nitrogens is 1. The summed E-state index contributed by atoms with van der Waals surface area (Å²) in [4.78, 5) is 35.3. The molecule has 1 heterocycles. The molecule has 1 amide bonds. The lowest BCUT2D eigenvalue weighted by atomic mass is 10.1. The topological polar surface area (TPSA) is 105 Å². The molecule has 0 saturated carbocycles. The lowest BCUT2D eigenvalue weighted by Gasteiger charge is -2.08. The maximum Gasteiger partial charge on any atom is 0.431 e. The van der Waals surface area contributed by atoms with Gasteiger partial charge >= 0.3 is 6.18 Å². The van der Waals surface area contributed by atoms with Crippen molar-refractivity contribution in [1.82, 2.24) is 4.98 Å². The summed E-state index contributed by atoms with van der Waals surface area (Å²) in [5.74, 6) is -1.06. The van der Waals surface area contributed by atoms with E-state index in [0.29, 0.717) is 6.07 Å². The fraction of sp³-hybridized carbons (Fsp3) is 0.0769. The molecule has 0 aliphatic carbocycles. The second-order valence-electron chi connectivity index (χ2n) is 4.49. The van der Waals surface area contributed by atoms with Crippen LogP contribution >= 0.6 is 11.6 Å². The molecule has 0 aliphatic heterocycles. The summed E-state index contributed by atoms with van der Waals surface area (Å²) in [5.41, 5.74) is -4.00. The molecule has 0 fully saturated rings. The quantitative estimate of drug-likeness (QED) is 0.646. The van der Waals surface area contributed by atoms with E-state index in [-0.39, 0.29) is 5.02 Å². The summed E-state index contributed by atoms with van der Waals surface area (Å²) in [6.45, 7) is 0. The zero-order valence-electron chi connectivity index (χ0n) is 11.5.